The van der Waals surface area contributed by atoms with Crippen molar-refractivity contribution in [3.8, 4) is 0 Å². The van der Waals surface area contributed by atoms with Gasteiger partial charge in [-0.1, -0.05) is 13.0 Å². The van der Waals surface area contributed by atoms with E-state index in [0.717, 1.165) is 34.3 Å². The van der Waals surface area contributed by atoms with E-state index in [-0.39, 0.29) is 11.9 Å². The van der Waals surface area contributed by atoms with Crippen molar-refractivity contribution >= 4 is 15.9 Å². The fraction of sp³-hybridized carbons (Fsp3) is 0.333. The molecule has 1 N–H and O–H groups in total. The summed E-state index contributed by atoms with van der Waals surface area (Å²) in [6.45, 7) is 4.89. The molecule has 0 saturated carbocycles. The highest BCUT2D eigenvalue weighted by molar-refractivity contribution is 9.10. The molecule has 2 nitrogen and oxygen atoms in total. The molecule has 0 radical (unpaired) electrons. The normalized spacial score (nSPS) is 12.6. The van der Waals surface area contributed by atoms with Crippen LogP contribution in [0.2, 0.25) is 0 Å². The summed E-state index contributed by atoms with van der Waals surface area (Å²) in [6.07, 6.45) is 2.67. The van der Waals surface area contributed by atoms with Crippen molar-refractivity contribution in [1.82, 2.24) is 5.32 Å². The molecule has 4 heteroatoms. The molecule has 0 aliphatic heterocycles. The Balaban J connectivity index is 2.40. The molecule has 0 spiro atoms. The smallest absolute Gasteiger partial charge is 0.139 e. The van der Waals surface area contributed by atoms with E-state index in [9.17, 15) is 4.39 Å². The molecular formula is C15H17BrFNO. The van der Waals surface area contributed by atoms with Crippen molar-refractivity contribution in [3.63, 3.8) is 0 Å². The van der Waals surface area contributed by atoms with E-state index >= 15 is 0 Å². The predicted octanol–water partition coefficient (Wildman–Crippen LogP) is 4.58. The third-order valence-corrected chi connectivity index (χ3v) is 3.70. The lowest BCUT2D eigenvalue weighted by molar-refractivity contribution is 0.443. The van der Waals surface area contributed by atoms with Crippen LogP contribution in [0, 0.1) is 12.7 Å². The Bertz CT molecular complexity index is 553. The lowest BCUT2D eigenvalue weighted by atomic mass is 9.99. The highest BCUT2D eigenvalue weighted by Crippen LogP contribution is 2.31. The molecule has 0 amide bonds. The minimum atomic E-state index is -0.214. The van der Waals surface area contributed by atoms with E-state index in [4.69, 9.17) is 4.42 Å². The van der Waals surface area contributed by atoms with Crippen LogP contribution >= 0.6 is 15.9 Å². The van der Waals surface area contributed by atoms with Crippen molar-refractivity contribution < 1.29 is 8.81 Å². The van der Waals surface area contributed by atoms with Gasteiger partial charge in [0, 0.05) is 0 Å². The highest BCUT2D eigenvalue weighted by atomic mass is 79.9. The maximum atomic E-state index is 13.2. The van der Waals surface area contributed by atoms with Crippen molar-refractivity contribution in [3.05, 3.63) is 57.7 Å². The largest absolute Gasteiger partial charge is 0.466 e. The summed E-state index contributed by atoms with van der Waals surface area (Å²) >= 11 is 3.49. The summed E-state index contributed by atoms with van der Waals surface area (Å²) in [6, 6.07) is 6.65. The number of nitrogens with one attached hydrogen (secondary N) is 1. The van der Waals surface area contributed by atoms with Gasteiger partial charge >= 0.3 is 0 Å². The minimum Gasteiger partial charge on any atom is -0.466 e. The molecule has 0 fully saturated rings. The van der Waals surface area contributed by atoms with Gasteiger partial charge in [-0.3, -0.25) is 0 Å². The lowest BCUT2D eigenvalue weighted by Gasteiger charge is -2.19. The number of aryl methyl sites for hydroxylation is 1. The summed E-state index contributed by atoms with van der Waals surface area (Å²) in [7, 11) is 0. The first kappa shape index (κ1) is 14.3. The van der Waals surface area contributed by atoms with Crippen LogP contribution in [0.5, 0.6) is 0 Å². The van der Waals surface area contributed by atoms with E-state index in [2.05, 4.69) is 28.2 Å². The van der Waals surface area contributed by atoms with Crippen LogP contribution in [0.1, 0.15) is 36.3 Å². The first-order chi connectivity index (χ1) is 9.13. The van der Waals surface area contributed by atoms with Gasteiger partial charge in [0.25, 0.3) is 0 Å². The first-order valence-corrected chi connectivity index (χ1v) is 7.15. The average Bonchev–Trinajstić information content (AvgIpc) is 2.78. The van der Waals surface area contributed by atoms with Crippen LogP contribution in [-0.2, 0) is 0 Å². The van der Waals surface area contributed by atoms with E-state index in [1.54, 1.807) is 12.3 Å². The molecule has 0 aliphatic rings. The van der Waals surface area contributed by atoms with Gasteiger partial charge in [-0.05, 0) is 65.1 Å². The minimum absolute atomic E-state index is 0.0649. The summed E-state index contributed by atoms with van der Waals surface area (Å²) < 4.78 is 19.7. The second kappa shape index (κ2) is 6.35. The monoisotopic (exact) mass is 325 g/mol. The maximum absolute atomic E-state index is 13.2. The van der Waals surface area contributed by atoms with E-state index in [0.29, 0.717) is 0 Å². The van der Waals surface area contributed by atoms with Crippen molar-refractivity contribution in [2.24, 2.45) is 0 Å². The Morgan fingerprint density at radius 1 is 1.37 bits per heavy atom. The van der Waals surface area contributed by atoms with Crippen molar-refractivity contribution in [1.29, 1.82) is 0 Å². The van der Waals surface area contributed by atoms with Crippen LogP contribution in [-0.4, -0.2) is 6.54 Å². The topological polar surface area (TPSA) is 25.2 Å². The molecule has 0 saturated heterocycles. The van der Waals surface area contributed by atoms with Crippen LogP contribution in [0.15, 0.2) is 39.4 Å². The van der Waals surface area contributed by atoms with Gasteiger partial charge in [0.2, 0.25) is 0 Å². The second-order valence-corrected chi connectivity index (χ2v) is 5.38. The maximum Gasteiger partial charge on any atom is 0.139 e. The van der Waals surface area contributed by atoms with Gasteiger partial charge < -0.3 is 9.73 Å². The standard InChI is InChI=1S/C15H17BrFNO/c1-3-7-18-14(15-13(16)6-8-19-15)12-5-4-11(17)9-10(12)2/h4-6,8-9,14,18H,3,7H2,1-2H3. The van der Waals surface area contributed by atoms with Crippen LogP contribution < -0.4 is 5.32 Å². The summed E-state index contributed by atoms with van der Waals surface area (Å²) in [5.74, 6) is 0.608. The summed E-state index contributed by atoms with van der Waals surface area (Å²) in [5.41, 5.74) is 1.95. The van der Waals surface area contributed by atoms with Crippen LogP contribution in [0.25, 0.3) is 0 Å². The van der Waals surface area contributed by atoms with Gasteiger partial charge in [0.05, 0.1) is 16.8 Å². The molecule has 0 bridgehead atoms. The Hall–Kier alpha value is -1.13. The fourth-order valence-corrected chi connectivity index (χ4v) is 2.54. The molecule has 2 rings (SSSR count). The zero-order chi connectivity index (χ0) is 13.8. The first-order valence-electron chi connectivity index (χ1n) is 6.35. The SMILES string of the molecule is CCCNC(c1ccc(F)cc1C)c1occc1Br. The Morgan fingerprint density at radius 2 is 2.16 bits per heavy atom. The molecule has 1 heterocycles. The predicted molar refractivity (Wildman–Crippen MR) is 77.7 cm³/mol. The van der Waals surface area contributed by atoms with E-state index < -0.39 is 0 Å². The van der Waals surface area contributed by atoms with Gasteiger partial charge in [0.15, 0.2) is 0 Å². The molecule has 1 aromatic heterocycles. The molecule has 1 unspecified atom stereocenters. The number of halogens is 2. The highest BCUT2D eigenvalue weighted by Gasteiger charge is 2.21. The molecule has 0 aliphatic carbocycles. The number of hydrogen-bond acceptors (Lipinski definition) is 2. The molecule has 1 atom stereocenters. The molecule has 2 aromatic rings. The van der Waals surface area contributed by atoms with Crippen LogP contribution in [0.3, 0.4) is 0 Å². The third-order valence-electron chi connectivity index (χ3n) is 3.05. The lowest BCUT2D eigenvalue weighted by Crippen LogP contribution is -2.23. The third kappa shape index (κ3) is 3.25. The average molecular weight is 326 g/mol. The van der Waals surface area contributed by atoms with Crippen LogP contribution in [0.4, 0.5) is 4.39 Å². The number of benzene rings is 1. The van der Waals surface area contributed by atoms with Gasteiger partial charge in [-0.15, -0.1) is 0 Å². The zero-order valence-electron chi connectivity index (χ0n) is 11.0. The molecule has 102 valence electrons. The Morgan fingerprint density at radius 3 is 2.74 bits per heavy atom. The molecule has 1 aromatic carbocycles. The molecule has 19 heavy (non-hydrogen) atoms. The van der Waals surface area contributed by atoms with E-state index in [1.165, 1.54) is 6.07 Å². The van der Waals surface area contributed by atoms with Crippen molar-refractivity contribution in [2.75, 3.05) is 6.54 Å². The number of rotatable bonds is 5. The second-order valence-electron chi connectivity index (χ2n) is 4.52. The summed E-state index contributed by atoms with van der Waals surface area (Å²) in [5, 5.41) is 3.44. The Kier molecular flexibility index (Phi) is 4.77. The number of hydrogen-bond donors (Lipinski definition) is 1. The summed E-state index contributed by atoms with van der Waals surface area (Å²) in [4.78, 5) is 0. The molecular weight excluding hydrogens is 309 g/mol. The quantitative estimate of drug-likeness (QED) is 0.870. The van der Waals surface area contributed by atoms with Gasteiger partial charge in [0.1, 0.15) is 11.6 Å². The number of furan rings is 1. The van der Waals surface area contributed by atoms with E-state index in [1.807, 2.05) is 19.1 Å². The van der Waals surface area contributed by atoms with Crippen molar-refractivity contribution in [2.45, 2.75) is 26.3 Å². The Labute approximate surface area is 121 Å². The van der Waals surface area contributed by atoms with Gasteiger partial charge in [-0.25, -0.2) is 4.39 Å². The van der Waals surface area contributed by atoms with Gasteiger partial charge in [-0.2, -0.15) is 0 Å². The zero-order valence-corrected chi connectivity index (χ0v) is 12.6. The fourth-order valence-electron chi connectivity index (χ4n) is 2.11.